The van der Waals surface area contributed by atoms with Gasteiger partial charge in [0.2, 0.25) is 5.91 Å². The Morgan fingerprint density at radius 1 is 1.09 bits per heavy atom. The van der Waals surface area contributed by atoms with Crippen LogP contribution in [0.25, 0.3) is 0 Å². The molecule has 116 valence electrons. The van der Waals surface area contributed by atoms with Crippen LogP contribution in [-0.4, -0.2) is 28.7 Å². The van der Waals surface area contributed by atoms with Crippen LogP contribution >= 0.6 is 0 Å². The zero-order chi connectivity index (χ0) is 15.7. The first-order valence-corrected chi connectivity index (χ1v) is 7.85. The summed E-state index contributed by atoms with van der Waals surface area (Å²) in [7, 11) is 0. The number of hydrogen-bond donors (Lipinski definition) is 1. The number of nitrogens with two attached hydrogens (primary N) is 1. The normalized spacial score (nSPS) is 20.1. The van der Waals surface area contributed by atoms with Crippen LogP contribution in [0.15, 0.2) is 24.3 Å². The fraction of sp³-hybridized carbons (Fsp3) is 0.471. The van der Waals surface area contributed by atoms with Crippen LogP contribution in [0.2, 0.25) is 0 Å². The molecule has 0 bridgehead atoms. The molecule has 5 nitrogen and oxygen atoms in total. The van der Waals surface area contributed by atoms with Crippen LogP contribution in [0.3, 0.4) is 0 Å². The Balaban J connectivity index is 1.93. The Hall–Kier alpha value is -2.17. The highest BCUT2D eigenvalue weighted by Crippen LogP contribution is 2.34. The molecule has 1 saturated carbocycles. The molecule has 0 unspecified atom stereocenters. The highest BCUT2D eigenvalue weighted by molar-refractivity contribution is 6.21. The first-order valence-electron chi connectivity index (χ1n) is 7.85. The zero-order valence-electron chi connectivity index (χ0n) is 12.5. The van der Waals surface area contributed by atoms with Gasteiger partial charge in [-0.1, -0.05) is 31.4 Å². The number of amides is 3. The molecule has 1 aromatic carbocycles. The van der Waals surface area contributed by atoms with Crippen molar-refractivity contribution in [3.8, 4) is 0 Å². The molecular weight excluding hydrogens is 280 g/mol. The second-order valence-corrected chi connectivity index (χ2v) is 6.16. The quantitative estimate of drug-likeness (QED) is 0.865. The molecule has 5 heteroatoms. The number of imide groups is 1. The van der Waals surface area contributed by atoms with E-state index in [1.165, 1.54) is 11.3 Å². The molecule has 1 aromatic rings. The van der Waals surface area contributed by atoms with Crippen LogP contribution in [0.4, 0.5) is 0 Å². The molecule has 1 heterocycles. The first kappa shape index (κ1) is 14.8. The third-order valence-electron chi connectivity index (χ3n) is 4.76. The molecule has 2 N–H and O–H groups in total. The molecule has 1 aliphatic carbocycles. The van der Waals surface area contributed by atoms with E-state index in [1.54, 1.807) is 24.3 Å². The Kier molecular flexibility index (Phi) is 3.96. The van der Waals surface area contributed by atoms with Crippen molar-refractivity contribution in [2.75, 3.05) is 0 Å². The largest absolute Gasteiger partial charge is 0.370 e. The van der Waals surface area contributed by atoms with E-state index in [9.17, 15) is 14.4 Å². The van der Waals surface area contributed by atoms with Crippen LogP contribution in [0.1, 0.15) is 59.2 Å². The van der Waals surface area contributed by atoms with Crippen LogP contribution in [0, 0.1) is 5.92 Å². The highest BCUT2D eigenvalue weighted by Gasteiger charge is 2.43. The fourth-order valence-electron chi connectivity index (χ4n) is 3.70. The molecule has 3 amide bonds. The molecular formula is C17H20N2O3. The molecule has 2 aliphatic rings. The van der Waals surface area contributed by atoms with E-state index in [0.717, 1.165) is 25.7 Å². The number of rotatable bonds is 4. The maximum Gasteiger partial charge on any atom is 0.261 e. The lowest BCUT2D eigenvalue weighted by atomic mass is 9.82. The van der Waals surface area contributed by atoms with Gasteiger partial charge in [-0.2, -0.15) is 0 Å². The number of nitrogens with zero attached hydrogens (tertiary/aromatic N) is 1. The number of carbonyl (C=O) groups is 3. The van der Waals surface area contributed by atoms with Crippen molar-refractivity contribution < 1.29 is 14.4 Å². The van der Waals surface area contributed by atoms with Gasteiger partial charge in [-0.05, 0) is 30.9 Å². The fourth-order valence-corrected chi connectivity index (χ4v) is 3.70. The van der Waals surface area contributed by atoms with Crippen molar-refractivity contribution in [2.45, 2.75) is 44.6 Å². The molecule has 1 atom stereocenters. The van der Waals surface area contributed by atoms with Gasteiger partial charge in [-0.3, -0.25) is 19.3 Å². The first-order chi connectivity index (χ1) is 10.6. The van der Waals surface area contributed by atoms with Crippen molar-refractivity contribution in [2.24, 2.45) is 11.7 Å². The standard InChI is InChI=1S/C17H20N2O3/c18-15(20)10-14(11-6-2-1-3-7-11)19-16(21)12-8-4-5-9-13(12)17(19)22/h4-5,8-9,11,14H,1-3,6-7,10H2,(H2,18,20)/t14-/m0/s1. The van der Waals surface area contributed by atoms with E-state index in [4.69, 9.17) is 5.73 Å². The number of hydrogen-bond acceptors (Lipinski definition) is 3. The average molecular weight is 300 g/mol. The second kappa shape index (κ2) is 5.91. The van der Waals surface area contributed by atoms with Gasteiger partial charge >= 0.3 is 0 Å². The Bertz CT molecular complexity index is 585. The molecule has 0 aromatic heterocycles. The zero-order valence-corrected chi connectivity index (χ0v) is 12.5. The summed E-state index contributed by atoms with van der Waals surface area (Å²) < 4.78 is 0. The van der Waals surface area contributed by atoms with E-state index in [0.29, 0.717) is 11.1 Å². The monoisotopic (exact) mass is 300 g/mol. The topological polar surface area (TPSA) is 80.5 Å². The lowest BCUT2D eigenvalue weighted by Gasteiger charge is -2.34. The Labute approximate surface area is 129 Å². The summed E-state index contributed by atoms with van der Waals surface area (Å²) in [5.74, 6) is -0.884. The van der Waals surface area contributed by atoms with Gasteiger partial charge in [0.05, 0.1) is 17.2 Å². The van der Waals surface area contributed by atoms with Gasteiger partial charge in [0, 0.05) is 6.42 Å². The van der Waals surface area contributed by atoms with Gasteiger partial charge in [-0.15, -0.1) is 0 Å². The predicted octanol–water partition coefficient (Wildman–Crippen LogP) is 2.11. The summed E-state index contributed by atoms with van der Waals surface area (Å²) in [6, 6.07) is 6.41. The number of carbonyl (C=O) groups excluding carboxylic acids is 3. The van der Waals surface area contributed by atoms with E-state index in [2.05, 4.69) is 0 Å². The Morgan fingerprint density at radius 3 is 2.14 bits per heavy atom. The second-order valence-electron chi connectivity index (χ2n) is 6.16. The van der Waals surface area contributed by atoms with E-state index in [-0.39, 0.29) is 24.2 Å². The van der Waals surface area contributed by atoms with Crippen molar-refractivity contribution in [3.63, 3.8) is 0 Å². The number of benzene rings is 1. The average Bonchev–Trinajstić information content (AvgIpc) is 2.78. The third-order valence-corrected chi connectivity index (χ3v) is 4.76. The molecule has 22 heavy (non-hydrogen) atoms. The summed E-state index contributed by atoms with van der Waals surface area (Å²) in [5.41, 5.74) is 6.23. The molecule has 1 aliphatic heterocycles. The third kappa shape index (κ3) is 2.51. The number of fused-ring (bicyclic) bond motifs is 1. The summed E-state index contributed by atoms with van der Waals surface area (Å²) >= 11 is 0. The molecule has 3 rings (SSSR count). The minimum Gasteiger partial charge on any atom is -0.370 e. The van der Waals surface area contributed by atoms with Crippen LogP contribution in [-0.2, 0) is 4.79 Å². The molecule has 0 radical (unpaired) electrons. The molecule has 1 fully saturated rings. The minimum atomic E-state index is -0.466. The number of primary amides is 1. The summed E-state index contributed by atoms with van der Waals surface area (Å²) in [5, 5.41) is 0. The van der Waals surface area contributed by atoms with E-state index in [1.807, 2.05) is 0 Å². The van der Waals surface area contributed by atoms with Crippen LogP contribution in [0.5, 0.6) is 0 Å². The summed E-state index contributed by atoms with van der Waals surface area (Å²) in [6.07, 6.45) is 5.24. The SMILES string of the molecule is NC(=O)C[C@@H](C1CCCCC1)N1C(=O)c2ccccc2C1=O. The molecule has 0 saturated heterocycles. The van der Waals surface area contributed by atoms with Crippen molar-refractivity contribution in [1.29, 1.82) is 0 Å². The van der Waals surface area contributed by atoms with Crippen molar-refractivity contribution in [1.82, 2.24) is 4.90 Å². The minimum absolute atomic E-state index is 0.0517. The van der Waals surface area contributed by atoms with Gasteiger partial charge in [0.1, 0.15) is 0 Å². The van der Waals surface area contributed by atoms with Crippen molar-refractivity contribution >= 4 is 17.7 Å². The lowest BCUT2D eigenvalue weighted by Crippen LogP contribution is -2.47. The molecule has 0 spiro atoms. The van der Waals surface area contributed by atoms with Gasteiger partial charge in [-0.25, -0.2) is 0 Å². The summed E-state index contributed by atoms with van der Waals surface area (Å²) in [4.78, 5) is 38.0. The van der Waals surface area contributed by atoms with E-state index < -0.39 is 11.9 Å². The van der Waals surface area contributed by atoms with E-state index >= 15 is 0 Å². The maximum absolute atomic E-state index is 12.6. The van der Waals surface area contributed by atoms with Gasteiger partial charge < -0.3 is 5.73 Å². The lowest BCUT2D eigenvalue weighted by molar-refractivity contribution is -0.119. The van der Waals surface area contributed by atoms with Gasteiger partial charge in [0.15, 0.2) is 0 Å². The Morgan fingerprint density at radius 2 is 1.64 bits per heavy atom. The predicted molar refractivity (Wildman–Crippen MR) is 81.1 cm³/mol. The highest BCUT2D eigenvalue weighted by atomic mass is 16.2. The van der Waals surface area contributed by atoms with Crippen LogP contribution < -0.4 is 5.73 Å². The van der Waals surface area contributed by atoms with Gasteiger partial charge in [0.25, 0.3) is 11.8 Å². The van der Waals surface area contributed by atoms with Crippen molar-refractivity contribution in [3.05, 3.63) is 35.4 Å². The summed E-state index contributed by atoms with van der Waals surface area (Å²) in [6.45, 7) is 0. The smallest absolute Gasteiger partial charge is 0.261 e. The maximum atomic E-state index is 12.6.